The highest BCUT2D eigenvalue weighted by Crippen LogP contribution is 2.33. The number of halogens is 3. The minimum Gasteiger partial charge on any atom is -0.396 e. The summed E-state index contributed by atoms with van der Waals surface area (Å²) in [7, 11) is 1.40. The van der Waals surface area contributed by atoms with Crippen molar-refractivity contribution in [3.8, 4) is 0 Å². The molecular weight excluding hydrogens is 325 g/mol. The third-order valence-corrected chi connectivity index (χ3v) is 4.09. The van der Waals surface area contributed by atoms with Gasteiger partial charge in [-0.2, -0.15) is 13.2 Å². The van der Waals surface area contributed by atoms with Gasteiger partial charge in [0.1, 0.15) is 6.61 Å². The highest BCUT2D eigenvalue weighted by atomic mass is 19.4. The largest absolute Gasteiger partial charge is 0.416 e. The number of alkyl halides is 3. The molecule has 0 unspecified atom stereocenters. The molecule has 0 aliphatic carbocycles. The Kier molecular flexibility index (Phi) is 6.20. The zero-order valence-corrected chi connectivity index (χ0v) is 13.3. The summed E-state index contributed by atoms with van der Waals surface area (Å²) in [5.41, 5.74) is -0.469. The molecule has 1 saturated heterocycles. The summed E-state index contributed by atoms with van der Waals surface area (Å²) in [6.45, 7) is 0.678. The first-order valence-corrected chi connectivity index (χ1v) is 7.61. The number of nitrogens with one attached hydrogen (secondary N) is 1. The molecule has 0 aromatic heterocycles. The van der Waals surface area contributed by atoms with E-state index in [1.807, 2.05) is 4.90 Å². The van der Waals surface area contributed by atoms with Crippen molar-refractivity contribution in [3.63, 3.8) is 0 Å². The van der Waals surface area contributed by atoms with Gasteiger partial charge >= 0.3 is 6.18 Å². The number of rotatable bonds is 6. The van der Waals surface area contributed by atoms with Gasteiger partial charge in [-0.3, -0.25) is 9.69 Å². The van der Waals surface area contributed by atoms with Crippen molar-refractivity contribution < 1.29 is 27.8 Å². The van der Waals surface area contributed by atoms with Gasteiger partial charge in [-0.15, -0.1) is 0 Å². The van der Waals surface area contributed by atoms with E-state index in [0.717, 1.165) is 6.07 Å². The van der Waals surface area contributed by atoms with Crippen LogP contribution in [0.15, 0.2) is 24.3 Å². The maximum Gasteiger partial charge on any atom is 0.416 e. The molecule has 0 saturated carbocycles. The average Bonchev–Trinajstić information content (AvgIpc) is 2.88. The molecule has 1 fully saturated rings. The van der Waals surface area contributed by atoms with Crippen LogP contribution in [0.1, 0.15) is 11.1 Å². The second kappa shape index (κ2) is 7.96. The number of amides is 1. The van der Waals surface area contributed by atoms with E-state index in [0.29, 0.717) is 13.1 Å². The van der Waals surface area contributed by atoms with Crippen molar-refractivity contribution in [1.29, 1.82) is 0 Å². The molecule has 0 bridgehead atoms. The number of methoxy groups -OCH3 is 1. The Morgan fingerprint density at radius 2 is 2.08 bits per heavy atom. The summed E-state index contributed by atoms with van der Waals surface area (Å²) in [4.78, 5) is 13.4. The van der Waals surface area contributed by atoms with Crippen LogP contribution in [0.2, 0.25) is 0 Å². The standard InChI is InChI=1S/C16H21F3N2O3/c1-24-10-15(23)20-14-8-21(7-12(14)9-22)6-11-4-2-3-5-13(11)16(17,18)19/h2-5,12,14,22H,6-10H2,1H3,(H,20,23)/t12-,14+/m0/s1. The van der Waals surface area contributed by atoms with Gasteiger partial charge in [0.2, 0.25) is 5.91 Å². The molecule has 1 aromatic rings. The van der Waals surface area contributed by atoms with Crippen LogP contribution in [0.25, 0.3) is 0 Å². The van der Waals surface area contributed by atoms with E-state index in [2.05, 4.69) is 5.32 Å². The summed E-state index contributed by atoms with van der Waals surface area (Å²) >= 11 is 0. The van der Waals surface area contributed by atoms with E-state index in [4.69, 9.17) is 4.74 Å². The molecule has 1 heterocycles. The van der Waals surface area contributed by atoms with Crippen molar-refractivity contribution >= 4 is 5.91 Å². The lowest BCUT2D eigenvalue weighted by Crippen LogP contribution is -2.43. The molecule has 1 amide bonds. The lowest BCUT2D eigenvalue weighted by molar-refractivity contribution is -0.138. The van der Waals surface area contributed by atoms with Crippen LogP contribution in [-0.2, 0) is 22.3 Å². The fourth-order valence-corrected chi connectivity index (χ4v) is 2.99. The highest BCUT2D eigenvalue weighted by molar-refractivity contribution is 5.77. The lowest BCUT2D eigenvalue weighted by Gasteiger charge is -2.19. The summed E-state index contributed by atoms with van der Waals surface area (Å²) in [5.74, 6) is -0.526. The van der Waals surface area contributed by atoms with E-state index in [1.165, 1.54) is 19.2 Å². The molecule has 1 aliphatic heterocycles. The van der Waals surface area contributed by atoms with Gasteiger partial charge < -0.3 is 15.2 Å². The number of carbonyl (C=O) groups excluding carboxylic acids is 1. The Hall–Kier alpha value is -1.64. The van der Waals surface area contributed by atoms with Crippen molar-refractivity contribution in [2.45, 2.75) is 18.8 Å². The summed E-state index contributed by atoms with van der Waals surface area (Å²) < 4.78 is 44.0. The third kappa shape index (κ3) is 4.68. The van der Waals surface area contributed by atoms with Crippen LogP contribution >= 0.6 is 0 Å². The smallest absolute Gasteiger partial charge is 0.396 e. The first kappa shape index (κ1) is 18.7. The van der Waals surface area contributed by atoms with Crippen molar-refractivity contribution in [2.75, 3.05) is 33.4 Å². The van der Waals surface area contributed by atoms with E-state index < -0.39 is 11.7 Å². The number of carbonyl (C=O) groups is 1. The van der Waals surface area contributed by atoms with E-state index in [-0.39, 0.29) is 43.2 Å². The van der Waals surface area contributed by atoms with Gasteiger partial charge in [0.15, 0.2) is 0 Å². The minimum absolute atomic E-state index is 0.0917. The molecule has 134 valence electrons. The highest BCUT2D eigenvalue weighted by Gasteiger charge is 2.36. The molecule has 1 aliphatic rings. The fourth-order valence-electron chi connectivity index (χ4n) is 2.99. The van der Waals surface area contributed by atoms with Crippen LogP contribution in [0.5, 0.6) is 0 Å². The number of benzene rings is 1. The third-order valence-electron chi connectivity index (χ3n) is 4.09. The Morgan fingerprint density at radius 1 is 1.38 bits per heavy atom. The van der Waals surface area contributed by atoms with Gasteiger partial charge in [0, 0.05) is 45.3 Å². The summed E-state index contributed by atoms with van der Waals surface area (Å²) in [6, 6.07) is 5.14. The Labute approximate surface area is 138 Å². The normalized spacial score (nSPS) is 21.9. The lowest BCUT2D eigenvalue weighted by atomic mass is 10.1. The van der Waals surface area contributed by atoms with Crippen LogP contribution in [-0.4, -0.2) is 55.4 Å². The minimum atomic E-state index is -4.40. The average molecular weight is 346 g/mol. The monoisotopic (exact) mass is 346 g/mol. The predicted octanol–water partition coefficient (Wildman–Crippen LogP) is 1.26. The van der Waals surface area contributed by atoms with Crippen LogP contribution < -0.4 is 5.32 Å². The quantitative estimate of drug-likeness (QED) is 0.814. The van der Waals surface area contributed by atoms with E-state index >= 15 is 0 Å². The first-order chi connectivity index (χ1) is 11.3. The number of nitrogens with zero attached hydrogens (tertiary/aromatic N) is 1. The van der Waals surface area contributed by atoms with Gasteiger partial charge in [-0.1, -0.05) is 18.2 Å². The van der Waals surface area contributed by atoms with Crippen LogP contribution in [0.4, 0.5) is 13.2 Å². The van der Waals surface area contributed by atoms with E-state index in [1.54, 1.807) is 6.07 Å². The number of likely N-dealkylation sites (tertiary alicyclic amines) is 1. The molecule has 1 aromatic carbocycles. The van der Waals surface area contributed by atoms with Crippen molar-refractivity contribution in [3.05, 3.63) is 35.4 Å². The topological polar surface area (TPSA) is 61.8 Å². The Balaban J connectivity index is 2.06. The van der Waals surface area contributed by atoms with Crippen LogP contribution in [0.3, 0.4) is 0 Å². The molecule has 24 heavy (non-hydrogen) atoms. The SMILES string of the molecule is COCC(=O)N[C@@H]1CN(Cc2ccccc2C(F)(F)F)C[C@H]1CO. The predicted molar refractivity (Wildman–Crippen MR) is 81.1 cm³/mol. The maximum atomic E-state index is 13.1. The zero-order chi connectivity index (χ0) is 17.7. The molecular formula is C16H21F3N2O3. The van der Waals surface area contributed by atoms with Gasteiger partial charge in [0.25, 0.3) is 0 Å². The van der Waals surface area contributed by atoms with Gasteiger partial charge in [0.05, 0.1) is 5.56 Å². The van der Waals surface area contributed by atoms with Gasteiger partial charge in [-0.05, 0) is 11.6 Å². The number of ether oxygens (including phenoxy) is 1. The van der Waals surface area contributed by atoms with Crippen molar-refractivity contribution in [2.24, 2.45) is 5.92 Å². The number of hydrogen-bond acceptors (Lipinski definition) is 4. The first-order valence-electron chi connectivity index (χ1n) is 7.61. The zero-order valence-electron chi connectivity index (χ0n) is 13.3. The molecule has 2 N–H and O–H groups in total. The molecule has 8 heteroatoms. The Morgan fingerprint density at radius 3 is 2.71 bits per heavy atom. The summed E-state index contributed by atoms with van der Waals surface area (Å²) in [5, 5.41) is 12.2. The number of hydrogen-bond donors (Lipinski definition) is 2. The molecule has 2 atom stereocenters. The summed E-state index contributed by atoms with van der Waals surface area (Å²) in [6.07, 6.45) is -4.40. The molecule has 5 nitrogen and oxygen atoms in total. The molecule has 0 radical (unpaired) electrons. The maximum absolute atomic E-state index is 13.1. The second-order valence-corrected chi connectivity index (χ2v) is 5.90. The van der Waals surface area contributed by atoms with E-state index in [9.17, 15) is 23.1 Å². The van der Waals surface area contributed by atoms with Crippen molar-refractivity contribution in [1.82, 2.24) is 10.2 Å². The number of aliphatic hydroxyl groups is 1. The number of aliphatic hydroxyl groups excluding tert-OH is 1. The fraction of sp³-hybridized carbons (Fsp3) is 0.562. The van der Waals surface area contributed by atoms with Crippen LogP contribution in [0, 0.1) is 5.92 Å². The molecule has 0 spiro atoms. The molecule has 2 rings (SSSR count). The Bertz CT molecular complexity index is 566. The van der Waals surface area contributed by atoms with Gasteiger partial charge in [-0.25, -0.2) is 0 Å². The second-order valence-electron chi connectivity index (χ2n) is 5.90.